The molecule has 0 spiro atoms. The van der Waals surface area contributed by atoms with Crippen molar-refractivity contribution >= 4 is 23.3 Å². The summed E-state index contributed by atoms with van der Waals surface area (Å²) in [4.78, 5) is 28.7. The minimum atomic E-state index is -0.466. The predicted molar refractivity (Wildman–Crippen MR) is 145 cm³/mol. The average molecular weight is 545 g/mol. The topological polar surface area (TPSA) is 86.8 Å². The van der Waals surface area contributed by atoms with E-state index in [0.717, 1.165) is 12.8 Å². The summed E-state index contributed by atoms with van der Waals surface area (Å²) < 4.78 is 42.1. The van der Waals surface area contributed by atoms with Gasteiger partial charge in [0, 0.05) is 25.1 Å². The van der Waals surface area contributed by atoms with Crippen LogP contribution in [0.25, 0.3) is 0 Å². The molecule has 2 aromatic rings. The number of morpholine rings is 1. The number of ether oxygens (including phenoxy) is 5. The van der Waals surface area contributed by atoms with Crippen LogP contribution < -0.4 is 24.0 Å². The van der Waals surface area contributed by atoms with Crippen LogP contribution in [-0.4, -0.2) is 71.7 Å². The molecule has 212 valence electrons. The van der Waals surface area contributed by atoms with Gasteiger partial charge in [-0.2, -0.15) is 0 Å². The van der Waals surface area contributed by atoms with Crippen molar-refractivity contribution in [1.82, 2.24) is 0 Å². The number of anilines is 2. The molecule has 1 amide bonds. The summed E-state index contributed by atoms with van der Waals surface area (Å²) >= 11 is 0. The highest BCUT2D eigenvalue weighted by molar-refractivity contribution is 5.97. The van der Waals surface area contributed by atoms with Gasteiger partial charge in [-0.1, -0.05) is 6.42 Å². The van der Waals surface area contributed by atoms with Gasteiger partial charge >= 0.3 is 6.09 Å². The quantitative estimate of drug-likeness (QED) is 0.250. The standard InChI is InChI=1S/C29H37FN2O7/c1-4-38-28-26(35-2)16-20(17-27(28)36-3)25(33)9-7-5-6-8-22-19-32(29(34)39-22)21-10-11-24(23(30)18-21)31-12-14-37-15-13-31/h10-11,16-18,22H,4-9,12-15,19H2,1-3H3/t22-/m0/s1. The number of methoxy groups -OCH3 is 2. The fraction of sp³-hybridized carbons (Fsp3) is 0.517. The van der Waals surface area contributed by atoms with Gasteiger partial charge in [-0.25, -0.2) is 9.18 Å². The molecule has 2 saturated heterocycles. The third kappa shape index (κ3) is 6.92. The fourth-order valence-electron chi connectivity index (χ4n) is 4.91. The first-order valence-corrected chi connectivity index (χ1v) is 13.5. The number of unbranched alkanes of at least 4 members (excludes halogenated alkanes) is 2. The molecule has 0 unspecified atom stereocenters. The Labute approximate surface area is 228 Å². The Kier molecular flexibility index (Phi) is 9.86. The molecule has 1 atom stereocenters. The number of benzene rings is 2. The van der Waals surface area contributed by atoms with E-state index >= 15 is 0 Å². The molecule has 2 aliphatic heterocycles. The Morgan fingerprint density at radius 2 is 1.77 bits per heavy atom. The number of carbonyl (C=O) groups excluding carboxylic acids is 2. The van der Waals surface area contributed by atoms with E-state index in [9.17, 15) is 14.0 Å². The second-order valence-electron chi connectivity index (χ2n) is 9.52. The van der Waals surface area contributed by atoms with Gasteiger partial charge in [0.05, 0.1) is 52.0 Å². The van der Waals surface area contributed by atoms with Gasteiger partial charge in [-0.05, 0) is 56.5 Å². The molecule has 2 aromatic carbocycles. The number of hydrogen-bond donors (Lipinski definition) is 0. The van der Waals surface area contributed by atoms with Crippen molar-refractivity contribution in [2.75, 3.05) is 63.5 Å². The lowest BCUT2D eigenvalue weighted by Gasteiger charge is -2.29. The first kappa shape index (κ1) is 28.5. The lowest BCUT2D eigenvalue weighted by molar-refractivity contribution is 0.0978. The van der Waals surface area contributed by atoms with Crippen molar-refractivity contribution < 1.29 is 37.7 Å². The van der Waals surface area contributed by atoms with Crippen molar-refractivity contribution in [3.63, 3.8) is 0 Å². The highest BCUT2D eigenvalue weighted by atomic mass is 19.1. The largest absolute Gasteiger partial charge is 0.493 e. The van der Waals surface area contributed by atoms with Gasteiger partial charge in [-0.15, -0.1) is 0 Å². The van der Waals surface area contributed by atoms with Gasteiger partial charge in [-0.3, -0.25) is 9.69 Å². The Hall–Kier alpha value is -3.53. The van der Waals surface area contributed by atoms with Gasteiger partial charge in [0.15, 0.2) is 17.3 Å². The number of Topliss-reactive ketones (excluding diaryl/α,β-unsaturated/α-hetero) is 1. The number of halogens is 1. The zero-order valence-electron chi connectivity index (χ0n) is 22.9. The van der Waals surface area contributed by atoms with Crippen LogP contribution in [-0.2, 0) is 9.47 Å². The molecule has 0 saturated carbocycles. The summed E-state index contributed by atoms with van der Waals surface area (Å²) in [6.07, 6.45) is 2.64. The number of ketones is 1. The van der Waals surface area contributed by atoms with Crippen molar-refractivity contribution in [3.8, 4) is 17.2 Å². The number of hydrogen-bond acceptors (Lipinski definition) is 8. The minimum Gasteiger partial charge on any atom is -0.493 e. The molecule has 0 bridgehead atoms. The maximum Gasteiger partial charge on any atom is 0.414 e. The summed E-state index contributed by atoms with van der Waals surface area (Å²) in [5.74, 6) is 1.04. The number of cyclic esters (lactones) is 1. The maximum atomic E-state index is 14.8. The molecule has 0 N–H and O–H groups in total. The average Bonchev–Trinajstić information content (AvgIpc) is 3.33. The summed E-state index contributed by atoms with van der Waals surface area (Å²) in [7, 11) is 3.05. The van der Waals surface area contributed by atoms with Crippen LogP contribution in [0.5, 0.6) is 17.2 Å². The predicted octanol–water partition coefficient (Wildman–Crippen LogP) is 5.24. The number of carbonyl (C=O) groups is 2. The Morgan fingerprint density at radius 1 is 1.05 bits per heavy atom. The smallest absolute Gasteiger partial charge is 0.414 e. The van der Waals surface area contributed by atoms with E-state index in [-0.39, 0.29) is 17.7 Å². The van der Waals surface area contributed by atoms with Crippen LogP contribution in [0, 0.1) is 5.82 Å². The zero-order valence-corrected chi connectivity index (χ0v) is 22.9. The highest BCUT2D eigenvalue weighted by Gasteiger charge is 2.32. The van der Waals surface area contributed by atoms with Crippen LogP contribution >= 0.6 is 0 Å². The van der Waals surface area contributed by atoms with E-state index < -0.39 is 6.09 Å². The highest BCUT2D eigenvalue weighted by Crippen LogP contribution is 2.39. The number of amides is 1. The van der Waals surface area contributed by atoms with Crippen molar-refractivity contribution in [1.29, 1.82) is 0 Å². The van der Waals surface area contributed by atoms with Crippen LogP contribution in [0.15, 0.2) is 30.3 Å². The molecule has 10 heteroatoms. The van der Waals surface area contributed by atoms with Crippen LogP contribution in [0.2, 0.25) is 0 Å². The number of rotatable bonds is 13. The summed E-state index contributed by atoms with van der Waals surface area (Å²) in [6.45, 7) is 5.11. The Bertz CT molecular complexity index is 1130. The third-order valence-electron chi connectivity index (χ3n) is 6.97. The molecule has 2 aliphatic rings. The molecule has 2 fully saturated rings. The molecule has 39 heavy (non-hydrogen) atoms. The van der Waals surface area contributed by atoms with Crippen molar-refractivity contribution in [2.24, 2.45) is 0 Å². The van der Waals surface area contributed by atoms with Crippen molar-refractivity contribution in [3.05, 3.63) is 41.7 Å². The molecule has 9 nitrogen and oxygen atoms in total. The second-order valence-corrected chi connectivity index (χ2v) is 9.52. The summed E-state index contributed by atoms with van der Waals surface area (Å²) in [6, 6.07) is 8.22. The minimum absolute atomic E-state index is 0.00401. The summed E-state index contributed by atoms with van der Waals surface area (Å²) in [5, 5.41) is 0. The molecular weight excluding hydrogens is 507 g/mol. The van der Waals surface area contributed by atoms with E-state index in [1.54, 1.807) is 24.3 Å². The first-order chi connectivity index (χ1) is 18.9. The van der Waals surface area contributed by atoms with E-state index in [1.807, 2.05) is 11.8 Å². The summed E-state index contributed by atoms with van der Waals surface area (Å²) in [5.41, 5.74) is 1.52. The molecule has 0 aliphatic carbocycles. The molecule has 2 heterocycles. The van der Waals surface area contributed by atoms with Crippen molar-refractivity contribution in [2.45, 2.75) is 45.1 Å². The van der Waals surface area contributed by atoms with E-state index in [4.69, 9.17) is 23.7 Å². The Morgan fingerprint density at radius 3 is 2.41 bits per heavy atom. The van der Waals surface area contributed by atoms with Gasteiger partial charge in [0.2, 0.25) is 5.75 Å². The lowest BCUT2D eigenvalue weighted by Crippen LogP contribution is -2.36. The van der Waals surface area contributed by atoms with E-state index in [2.05, 4.69) is 0 Å². The SMILES string of the molecule is CCOc1c(OC)cc(C(=O)CCCCC[C@H]2CN(c3ccc(N4CCOCC4)c(F)c3)C(=O)O2)cc1OC. The lowest BCUT2D eigenvalue weighted by atomic mass is 10.0. The van der Waals surface area contributed by atoms with Crippen LogP contribution in [0.1, 0.15) is 49.4 Å². The monoisotopic (exact) mass is 544 g/mol. The first-order valence-electron chi connectivity index (χ1n) is 13.5. The molecule has 4 rings (SSSR count). The number of nitrogens with zero attached hydrogens (tertiary/aromatic N) is 2. The fourth-order valence-corrected chi connectivity index (χ4v) is 4.91. The Balaban J connectivity index is 1.24. The van der Waals surface area contributed by atoms with Crippen LogP contribution in [0.4, 0.5) is 20.6 Å². The second kappa shape index (κ2) is 13.5. The molecule has 0 radical (unpaired) electrons. The van der Waals surface area contributed by atoms with Crippen LogP contribution in [0.3, 0.4) is 0 Å². The van der Waals surface area contributed by atoms with Gasteiger partial charge in [0.25, 0.3) is 0 Å². The maximum absolute atomic E-state index is 14.8. The van der Waals surface area contributed by atoms with E-state index in [1.165, 1.54) is 25.2 Å². The molecule has 0 aromatic heterocycles. The zero-order chi connectivity index (χ0) is 27.8. The normalized spacial score (nSPS) is 17.2. The van der Waals surface area contributed by atoms with E-state index in [0.29, 0.717) is 92.9 Å². The third-order valence-corrected chi connectivity index (χ3v) is 6.97. The van der Waals surface area contributed by atoms with Gasteiger partial charge < -0.3 is 28.6 Å². The molecular formula is C29H37FN2O7. The van der Waals surface area contributed by atoms with Gasteiger partial charge in [0.1, 0.15) is 11.9 Å².